The molecule has 1 aliphatic rings. The van der Waals surface area contributed by atoms with Crippen LogP contribution in [0, 0.1) is 6.42 Å². The van der Waals surface area contributed by atoms with Gasteiger partial charge in [0.25, 0.3) is 0 Å². The summed E-state index contributed by atoms with van der Waals surface area (Å²) in [5.41, 5.74) is 0. The predicted molar refractivity (Wildman–Crippen MR) is 59.4 cm³/mol. The third-order valence-electron chi connectivity index (χ3n) is 2.15. The van der Waals surface area contributed by atoms with Crippen LogP contribution in [-0.4, -0.2) is 0 Å². The third kappa shape index (κ3) is 6.39. The molecule has 0 aliphatic heterocycles. The first-order valence-electron chi connectivity index (χ1n) is 5.30. The van der Waals surface area contributed by atoms with Gasteiger partial charge in [-0.3, -0.25) is 0 Å². The molecule has 0 N–H and O–H groups in total. The van der Waals surface area contributed by atoms with Crippen LogP contribution >= 0.6 is 0 Å². The summed E-state index contributed by atoms with van der Waals surface area (Å²) >= 11 is 0. The maximum Gasteiger partial charge on any atom is -0.0167 e. The highest BCUT2D eigenvalue weighted by molar-refractivity contribution is 5.07. The maximum atomic E-state index is 2.32. The molecule has 0 aromatic heterocycles. The quantitative estimate of drug-likeness (QED) is 0.484. The average Bonchev–Trinajstić information content (AvgIpc) is 2.18. The van der Waals surface area contributed by atoms with Crippen molar-refractivity contribution < 1.29 is 0 Å². The lowest BCUT2D eigenvalue weighted by Crippen LogP contribution is -1.75. The van der Waals surface area contributed by atoms with Gasteiger partial charge in [0.05, 0.1) is 0 Å². The Bertz CT molecular complexity index is 184. The second kappa shape index (κ2) is 7.85. The summed E-state index contributed by atoms with van der Waals surface area (Å²) < 4.78 is 0. The molecular formula is C13H19. The van der Waals surface area contributed by atoms with Gasteiger partial charge in [-0.05, 0) is 38.5 Å². The lowest BCUT2D eigenvalue weighted by Gasteiger charge is -1.93. The molecule has 0 spiro atoms. The summed E-state index contributed by atoms with van der Waals surface area (Å²) in [6.45, 7) is 0. The molecule has 13 heavy (non-hydrogen) atoms. The van der Waals surface area contributed by atoms with Crippen LogP contribution in [0.25, 0.3) is 0 Å². The van der Waals surface area contributed by atoms with E-state index in [2.05, 4.69) is 42.9 Å². The van der Waals surface area contributed by atoms with E-state index in [9.17, 15) is 0 Å². The van der Waals surface area contributed by atoms with Gasteiger partial charge in [0.1, 0.15) is 0 Å². The Balaban J connectivity index is 2.28. The minimum Gasteiger partial charge on any atom is -0.0885 e. The highest BCUT2D eigenvalue weighted by Gasteiger charge is 1.86. The molecule has 71 valence electrons. The largest absolute Gasteiger partial charge is 0.0885 e. The first-order chi connectivity index (χ1) is 6.50. The van der Waals surface area contributed by atoms with Crippen LogP contribution in [-0.2, 0) is 0 Å². The van der Waals surface area contributed by atoms with Gasteiger partial charge in [0, 0.05) is 0 Å². The van der Waals surface area contributed by atoms with Crippen molar-refractivity contribution in [3.05, 3.63) is 42.9 Å². The summed E-state index contributed by atoms with van der Waals surface area (Å²) in [5.74, 6) is 0. The van der Waals surface area contributed by atoms with E-state index in [1.54, 1.807) is 0 Å². The lowest BCUT2D eigenvalue weighted by atomic mass is 10.1. The van der Waals surface area contributed by atoms with Crippen molar-refractivity contribution in [1.82, 2.24) is 0 Å². The van der Waals surface area contributed by atoms with E-state index in [-0.39, 0.29) is 0 Å². The van der Waals surface area contributed by atoms with E-state index in [4.69, 9.17) is 0 Å². The van der Waals surface area contributed by atoms with Crippen molar-refractivity contribution in [2.24, 2.45) is 0 Å². The SMILES string of the molecule is [CH]1/C=C/C=C/CC/C=C/CCCC1. The lowest BCUT2D eigenvalue weighted by molar-refractivity contribution is 0.746. The Labute approximate surface area is 82.0 Å². The number of hydrogen-bond acceptors (Lipinski definition) is 0. The van der Waals surface area contributed by atoms with E-state index >= 15 is 0 Å². The van der Waals surface area contributed by atoms with Crippen LogP contribution < -0.4 is 0 Å². The van der Waals surface area contributed by atoms with Crippen molar-refractivity contribution in [3.8, 4) is 0 Å². The predicted octanol–water partition coefficient (Wildman–Crippen LogP) is 4.21. The minimum absolute atomic E-state index is 1.17. The molecule has 0 nitrogen and oxygen atoms in total. The molecule has 0 aromatic rings. The molecule has 0 fully saturated rings. The van der Waals surface area contributed by atoms with Crippen LogP contribution in [0.4, 0.5) is 0 Å². The van der Waals surface area contributed by atoms with Crippen molar-refractivity contribution in [2.45, 2.75) is 38.5 Å². The summed E-state index contributed by atoms with van der Waals surface area (Å²) in [6.07, 6.45) is 23.0. The fourth-order valence-electron chi connectivity index (χ4n) is 1.37. The number of hydrogen-bond donors (Lipinski definition) is 0. The Morgan fingerprint density at radius 3 is 2.31 bits per heavy atom. The molecule has 0 bridgehead atoms. The molecule has 0 saturated carbocycles. The number of rotatable bonds is 0. The van der Waals surface area contributed by atoms with Crippen LogP contribution in [0.15, 0.2) is 36.5 Å². The molecule has 0 unspecified atom stereocenters. The summed E-state index contributed by atoms with van der Waals surface area (Å²) in [7, 11) is 0. The van der Waals surface area contributed by atoms with Gasteiger partial charge >= 0.3 is 0 Å². The van der Waals surface area contributed by atoms with E-state index in [0.717, 1.165) is 0 Å². The van der Waals surface area contributed by atoms with Crippen molar-refractivity contribution >= 4 is 0 Å². The molecule has 1 rings (SSSR count). The van der Waals surface area contributed by atoms with E-state index < -0.39 is 0 Å². The van der Waals surface area contributed by atoms with E-state index in [1.807, 2.05) is 0 Å². The molecular weight excluding hydrogens is 156 g/mol. The molecule has 0 saturated heterocycles. The second-order valence-electron chi connectivity index (χ2n) is 3.38. The smallest absolute Gasteiger partial charge is 0.0167 e. The normalized spacial score (nSPS) is 27.7. The zero-order valence-electron chi connectivity index (χ0n) is 8.28. The van der Waals surface area contributed by atoms with Gasteiger partial charge in [-0.15, -0.1) is 0 Å². The standard InChI is InChI=1S/C13H19/c1-2-4-6-8-10-12-13-11-9-7-5-3-1/h1-5,10,12H,6-9,11,13H2/b3-1+,4-2+,12-10+. The fraction of sp³-hybridized carbons (Fsp3) is 0.462. The first-order valence-corrected chi connectivity index (χ1v) is 5.30. The molecule has 0 aromatic carbocycles. The fourth-order valence-corrected chi connectivity index (χ4v) is 1.37. The van der Waals surface area contributed by atoms with Gasteiger partial charge in [-0.25, -0.2) is 0 Å². The van der Waals surface area contributed by atoms with Gasteiger partial charge in [0.15, 0.2) is 0 Å². The zero-order chi connectivity index (χ0) is 9.19. The third-order valence-corrected chi connectivity index (χ3v) is 2.15. The molecule has 0 atom stereocenters. The average molecular weight is 175 g/mol. The Morgan fingerprint density at radius 1 is 0.538 bits per heavy atom. The summed E-state index contributed by atoms with van der Waals surface area (Å²) in [6, 6.07) is 0. The van der Waals surface area contributed by atoms with Crippen molar-refractivity contribution in [3.63, 3.8) is 0 Å². The molecule has 0 heteroatoms. The number of allylic oxidation sites excluding steroid dienone is 6. The van der Waals surface area contributed by atoms with Gasteiger partial charge in [-0.1, -0.05) is 42.9 Å². The molecule has 1 radical (unpaired) electrons. The maximum absolute atomic E-state index is 2.32. The second-order valence-corrected chi connectivity index (χ2v) is 3.38. The highest BCUT2D eigenvalue weighted by Crippen LogP contribution is 2.05. The van der Waals surface area contributed by atoms with Crippen LogP contribution in [0.2, 0.25) is 0 Å². The van der Waals surface area contributed by atoms with Crippen molar-refractivity contribution in [1.29, 1.82) is 0 Å². The Hall–Kier alpha value is -0.780. The van der Waals surface area contributed by atoms with Crippen molar-refractivity contribution in [2.75, 3.05) is 0 Å². The van der Waals surface area contributed by atoms with Gasteiger partial charge < -0.3 is 0 Å². The monoisotopic (exact) mass is 175 g/mol. The molecule has 1 aliphatic carbocycles. The van der Waals surface area contributed by atoms with Gasteiger partial charge in [0.2, 0.25) is 0 Å². The molecule has 0 amide bonds. The van der Waals surface area contributed by atoms with Gasteiger partial charge in [-0.2, -0.15) is 0 Å². The Morgan fingerprint density at radius 2 is 1.31 bits per heavy atom. The summed E-state index contributed by atoms with van der Waals surface area (Å²) in [5, 5.41) is 0. The van der Waals surface area contributed by atoms with Crippen LogP contribution in [0.1, 0.15) is 38.5 Å². The van der Waals surface area contributed by atoms with Crippen LogP contribution in [0.5, 0.6) is 0 Å². The Kier molecular flexibility index (Phi) is 6.22. The topological polar surface area (TPSA) is 0 Å². The van der Waals surface area contributed by atoms with E-state index in [1.165, 1.54) is 38.5 Å². The first kappa shape index (κ1) is 10.3. The minimum atomic E-state index is 1.17. The summed E-state index contributed by atoms with van der Waals surface area (Å²) in [4.78, 5) is 0. The zero-order valence-corrected chi connectivity index (χ0v) is 8.28. The van der Waals surface area contributed by atoms with E-state index in [0.29, 0.717) is 0 Å². The molecule has 0 heterocycles. The highest BCUT2D eigenvalue weighted by atomic mass is 13.9. The van der Waals surface area contributed by atoms with Crippen LogP contribution in [0.3, 0.4) is 0 Å².